The van der Waals surface area contributed by atoms with Gasteiger partial charge in [-0.25, -0.2) is 10.6 Å². The lowest BCUT2D eigenvalue weighted by atomic mass is 9.92. The first-order chi connectivity index (χ1) is 30.7. The Hall–Kier alpha value is -3.86. The fourth-order valence-corrected chi connectivity index (χ4v) is 7.71. The van der Waals surface area contributed by atoms with Crippen molar-refractivity contribution in [2.75, 3.05) is 20.3 Å². The van der Waals surface area contributed by atoms with E-state index in [-0.39, 0.29) is 25.7 Å². The number of carboxylic acid groups (broad SMARTS) is 1. The molecule has 29 heteroatoms. The molecule has 20 unspecified atom stereocenters. The minimum Gasteiger partial charge on any atom is -0.479 e. The molecule has 0 bridgehead atoms. The van der Waals surface area contributed by atoms with Crippen LogP contribution in [0, 0.1) is 0 Å². The molecular weight excluding hydrogens is 884 g/mol. The summed E-state index contributed by atoms with van der Waals surface area (Å²) in [7, 11) is 1.06. The zero-order chi connectivity index (χ0) is 48.4. The summed E-state index contributed by atoms with van der Waals surface area (Å²) < 4.78 is 45.2. The summed E-state index contributed by atoms with van der Waals surface area (Å²) in [5, 5.41) is 102. The monoisotopic (exact) mass is 944 g/mol. The number of aliphatic carboxylic acids is 1. The standard InChI is InChI=1S/C36H60N6O23/c1-11-18(38-12(2)45)26(20(49)14(9-43)59-11)61-36-25(54)23(52)29(31(65-36)33(56)57)63-34-19(39-13(3)46)27(21(50)15(10-44)60-34)62-35-24(53)22(51)28(58-4)30(64-35)32(55)42-41-17(48)8-6-5-7-16(47)40-37/h11,14-15,18-31,34-36,43-44,49-54H,5-10,37H2,1-4H3,(H,38,45)(H,39,46)(H,40,47)(H,41,48)(H,42,55)(H,56,57). The number of carboxylic acids is 1. The zero-order valence-corrected chi connectivity index (χ0v) is 35.6. The van der Waals surface area contributed by atoms with Crippen molar-refractivity contribution in [1.29, 1.82) is 0 Å². The molecule has 4 aliphatic rings. The maximum Gasteiger partial charge on any atom is 0.335 e. The Balaban J connectivity index is 1.56. The van der Waals surface area contributed by atoms with Gasteiger partial charge in [-0.3, -0.25) is 40.3 Å². The average molecular weight is 945 g/mol. The van der Waals surface area contributed by atoms with E-state index in [1.807, 2.05) is 5.43 Å². The smallest absolute Gasteiger partial charge is 0.335 e. The number of methoxy groups -OCH3 is 1. The molecule has 0 aliphatic carbocycles. The minimum absolute atomic E-state index is 0.0401. The van der Waals surface area contributed by atoms with Crippen molar-refractivity contribution < 1.29 is 113 Å². The van der Waals surface area contributed by atoms with Gasteiger partial charge in [-0.05, 0) is 19.8 Å². The van der Waals surface area contributed by atoms with Gasteiger partial charge < -0.3 is 94.5 Å². The molecular formula is C36H60N6O23. The summed E-state index contributed by atoms with van der Waals surface area (Å²) in [6.07, 6.45) is -33.1. The van der Waals surface area contributed by atoms with Gasteiger partial charge in [0.05, 0.1) is 25.4 Å². The summed E-state index contributed by atoms with van der Waals surface area (Å²) >= 11 is 0. The molecule has 16 N–H and O–H groups in total. The number of aliphatic hydroxyl groups is 8. The lowest BCUT2D eigenvalue weighted by molar-refractivity contribution is -0.366. The predicted molar refractivity (Wildman–Crippen MR) is 206 cm³/mol. The lowest BCUT2D eigenvalue weighted by Gasteiger charge is -2.50. The van der Waals surface area contributed by atoms with Gasteiger partial charge in [-0.1, -0.05) is 0 Å². The Kier molecular flexibility index (Phi) is 20.1. The second-order valence-corrected chi connectivity index (χ2v) is 15.7. The van der Waals surface area contributed by atoms with E-state index in [9.17, 15) is 74.7 Å². The van der Waals surface area contributed by atoms with Crippen LogP contribution in [-0.4, -0.2) is 224 Å². The van der Waals surface area contributed by atoms with Crippen molar-refractivity contribution in [3.05, 3.63) is 0 Å². The minimum atomic E-state index is -2.26. The maximum atomic E-state index is 13.3. The first-order valence-corrected chi connectivity index (χ1v) is 20.5. The summed E-state index contributed by atoms with van der Waals surface area (Å²) in [6, 6.07) is -2.94. The Labute approximate surface area is 370 Å². The van der Waals surface area contributed by atoms with E-state index in [1.54, 1.807) is 0 Å². The predicted octanol–water partition coefficient (Wildman–Crippen LogP) is -8.94. The third-order valence-corrected chi connectivity index (χ3v) is 11.0. The fourth-order valence-electron chi connectivity index (χ4n) is 7.71. The largest absolute Gasteiger partial charge is 0.479 e. The van der Waals surface area contributed by atoms with Gasteiger partial charge in [0.1, 0.15) is 79.3 Å². The molecule has 0 aromatic rings. The van der Waals surface area contributed by atoms with E-state index in [0.717, 1.165) is 21.0 Å². The molecule has 4 rings (SSSR count). The highest BCUT2D eigenvalue weighted by Gasteiger charge is 2.57. The molecule has 0 aromatic carbocycles. The van der Waals surface area contributed by atoms with Gasteiger partial charge in [0.25, 0.3) is 5.91 Å². The van der Waals surface area contributed by atoms with Crippen LogP contribution in [0.25, 0.3) is 0 Å². The molecule has 29 nitrogen and oxygen atoms in total. The number of carbonyl (C=O) groups is 6. The van der Waals surface area contributed by atoms with Crippen LogP contribution in [0.3, 0.4) is 0 Å². The van der Waals surface area contributed by atoms with E-state index in [2.05, 4.69) is 21.5 Å². The van der Waals surface area contributed by atoms with E-state index >= 15 is 0 Å². The molecule has 0 saturated carbocycles. The highest BCUT2D eigenvalue weighted by atomic mass is 16.8. The molecule has 65 heavy (non-hydrogen) atoms. The van der Waals surface area contributed by atoms with Crippen molar-refractivity contribution in [2.24, 2.45) is 5.84 Å². The van der Waals surface area contributed by atoms with Gasteiger partial charge in [-0.2, -0.15) is 0 Å². The number of aliphatic hydroxyl groups excluding tert-OH is 8. The SMILES string of the molecule is COC1C(C(=O)NNC(=O)CCCCC(=O)NN)OC(OC2C(O)C(CO)OC(OC3C(C(=O)O)OC(OC4C(O)C(CO)OC(C)C4NC(C)=O)C(O)C3O)C2NC(C)=O)C(O)C1O. The van der Waals surface area contributed by atoms with Gasteiger partial charge >= 0.3 is 5.97 Å². The number of unbranched alkanes of at least 4 members (excludes halogenated alkanes) is 1. The van der Waals surface area contributed by atoms with Crippen LogP contribution in [0.5, 0.6) is 0 Å². The molecule has 4 saturated heterocycles. The quantitative estimate of drug-likeness (QED) is 0.0263. The van der Waals surface area contributed by atoms with Crippen LogP contribution in [0.2, 0.25) is 0 Å². The van der Waals surface area contributed by atoms with Crippen molar-refractivity contribution in [3.8, 4) is 0 Å². The Morgan fingerprint density at radius 1 is 0.585 bits per heavy atom. The van der Waals surface area contributed by atoms with Gasteiger partial charge in [0.15, 0.2) is 31.1 Å². The topological polar surface area (TPSA) is 444 Å². The van der Waals surface area contributed by atoms with Crippen LogP contribution in [0.15, 0.2) is 0 Å². The number of amides is 5. The Morgan fingerprint density at radius 3 is 1.57 bits per heavy atom. The molecule has 5 amide bonds. The summed E-state index contributed by atoms with van der Waals surface area (Å²) in [4.78, 5) is 74.2. The van der Waals surface area contributed by atoms with Crippen molar-refractivity contribution in [1.82, 2.24) is 26.9 Å². The first-order valence-electron chi connectivity index (χ1n) is 20.5. The summed E-state index contributed by atoms with van der Waals surface area (Å²) in [5.41, 5.74) is 6.16. The third-order valence-electron chi connectivity index (χ3n) is 11.0. The zero-order valence-electron chi connectivity index (χ0n) is 35.6. The van der Waals surface area contributed by atoms with Gasteiger partial charge in [0, 0.05) is 33.8 Å². The number of nitrogens with one attached hydrogen (secondary N) is 5. The summed E-state index contributed by atoms with van der Waals surface area (Å²) in [5.74, 6) is -0.526. The first kappa shape index (κ1) is 53.8. The molecule has 4 fully saturated rings. The normalized spacial score (nSPS) is 39.6. The third kappa shape index (κ3) is 13.2. The molecule has 372 valence electrons. The number of hydrogen-bond acceptors (Lipinski definition) is 23. The summed E-state index contributed by atoms with van der Waals surface area (Å²) in [6.45, 7) is 1.89. The number of rotatable bonds is 18. The Morgan fingerprint density at radius 2 is 1.06 bits per heavy atom. The second kappa shape index (κ2) is 24.2. The molecule has 4 heterocycles. The van der Waals surface area contributed by atoms with E-state index in [1.165, 1.54) is 6.92 Å². The van der Waals surface area contributed by atoms with Crippen molar-refractivity contribution in [2.45, 2.75) is 169 Å². The molecule has 20 atom stereocenters. The van der Waals surface area contributed by atoms with Crippen LogP contribution >= 0.6 is 0 Å². The van der Waals surface area contributed by atoms with Crippen LogP contribution in [-0.2, 0) is 66.7 Å². The van der Waals surface area contributed by atoms with Crippen molar-refractivity contribution in [3.63, 3.8) is 0 Å². The fraction of sp³-hybridized carbons (Fsp3) is 0.833. The second-order valence-electron chi connectivity index (χ2n) is 15.7. The molecule has 0 spiro atoms. The van der Waals surface area contributed by atoms with Gasteiger partial charge in [0.2, 0.25) is 23.6 Å². The van der Waals surface area contributed by atoms with Crippen molar-refractivity contribution >= 4 is 35.5 Å². The van der Waals surface area contributed by atoms with E-state index < -0.39 is 171 Å². The van der Waals surface area contributed by atoms with E-state index in [4.69, 9.17) is 43.7 Å². The van der Waals surface area contributed by atoms with Crippen LogP contribution in [0.4, 0.5) is 0 Å². The highest BCUT2D eigenvalue weighted by molar-refractivity contribution is 5.85. The number of carbonyl (C=O) groups excluding carboxylic acids is 5. The number of hydrogen-bond donors (Lipinski definition) is 15. The highest BCUT2D eigenvalue weighted by Crippen LogP contribution is 2.35. The number of ether oxygens (including phenoxy) is 8. The maximum absolute atomic E-state index is 13.3. The molecule has 0 aromatic heterocycles. The molecule has 0 radical (unpaired) electrons. The van der Waals surface area contributed by atoms with Gasteiger partial charge in [-0.15, -0.1) is 0 Å². The average Bonchev–Trinajstić information content (AvgIpc) is 3.26. The van der Waals surface area contributed by atoms with Crippen LogP contribution < -0.4 is 32.8 Å². The Bertz CT molecular complexity index is 1640. The van der Waals surface area contributed by atoms with Crippen LogP contribution in [0.1, 0.15) is 46.5 Å². The molecule has 4 aliphatic heterocycles. The van der Waals surface area contributed by atoms with E-state index in [0.29, 0.717) is 0 Å². The number of hydrazine groups is 2. The lowest BCUT2D eigenvalue weighted by Crippen LogP contribution is -2.71. The number of nitrogens with two attached hydrogens (primary N) is 1.